The zero-order valence-electron chi connectivity index (χ0n) is 17.8. The van der Waals surface area contributed by atoms with E-state index >= 15 is 0 Å². The molecule has 1 aliphatic heterocycles. The Bertz CT molecular complexity index is 766. The quantitative estimate of drug-likeness (QED) is 0.343. The molecule has 2 atom stereocenters. The third-order valence-corrected chi connectivity index (χ3v) is 5.54. The fraction of sp³-hybridized carbons (Fsp3) is 0.522. The second kappa shape index (κ2) is 10.3. The van der Waals surface area contributed by atoms with Gasteiger partial charge in [0.05, 0.1) is 23.6 Å². The van der Waals surface area contributed by atoms with Crippen molar-refractivity contribution in [2.75, 3.05) is 31.5 Å². The highest BCUT2D eigenvalue weighted by Crippen LogP contribution is 2.35. The molecule has 0 spiro atoms. The van der Waals surface area contributed by atoms with Crippen LogP contribution in [0.2, 0.25) is 0 Å². The second-order valence-electron chi connectivity index (χ2n) is 8.07. The maximum absolute atomic E-state index is 12.5. The van der Waals surface area contributed by atoms with E-state index in [-0.39, 0.29) is 29.8 Å². The highest BCUT2D eigenvalue weighted by atomic mass is 16.5. The molecule has 0 bridgehead atoms. The van der Waals surface area contributed by atoms with E-state index in [9.17, 15) is 14.4 Å². The van der Waals surface area contributed by atoms with Crippen molar-refractivity contribution in [1.29, 1.82) is 0 Å². The van der Waals surface area contributed by atoms with Crippen LogP contribution < -0.4 is 10.1 Å². The Morgan fingerprint density at radius 2 is 1.80 bits per heavy atom. The zero-order chi connectivity index (χ0) is 21.5. The van der Waals surface area contributed by atoms with Gasteiger partial charge in [0, 0.05) is 26.2 Å². The number of para-hydroxylation sites is 2. The highest BCUT2D eigenvalue weighted by molar-refractivity contribution is 6.05. The van der Waals surface area contributed by atoms with Crippen molar-refractivity contribution < 1.29 is 19.1 Å². The lowest BCUT2D eigenvalue weighted by Gasteiger charge is -2.21. The summed E-state index contributed by atoms with van der Waals surface area (Å²) in [6, 6.07) is 7.72. The van der Waals surface area contributed by atoms with Gasteiger partial charge in [-0.05, 0) is 45.2 Å². The minimum Gasteiger partial charge on any atom is -0.489 e. The highest BCUT2D eigenvalue weighted by Gasteiger charge is 2.46. The number of carbonyl (C=O) groups excluding carboxylic acids is 3. The Kier molecular flexibility index (Phi) is 7.49. The van der Waals surface area contributed by atoms with Gasteiger partial charge in [0.25, 0.3) is 0 Å². The Labute approximate surface area is 178 Å². The number of allylic oxidation sites excluding steroid dienone is 2. The molecule has 1 aromatic carbocycles. The topological polar surface area (TPSA) is 79.0 Å². The van der Waals surface area contributed by atoms with Gasteiger partial charge >= 0.3 is 0 Å². The molecular formula is C23H31N3O4. The van der Waals surface area contributed by atoms with Crippen LogP contribution in [0.5, 0.6) is 5.75 Å². The summed E-state index contributed by atoms with van der Waals surface area (Å²) in [5, 5.41) is 3.31. The molecule has 0 saturated carbocycles. The summed E-state index contributed by atoms with van der Waals surface area (Å²) < 4.78 is 5.79. The molecular weight excluding hydrogens is 382 g/mol. The number of nitrogens with zero attached hydrogens (tertiary/aromatic N) is 2. The lowest BCUT2D eigenvalue weighted by molar-refractivity contribution is -0.139. The summed E-state index contributed by atoms with van der Waals surface area (Å²) >= 11 is 0. The molecule has 2 aliphatic rings. The van der Waals surface area contributed by atoms with Crippen LogP contribution in [0.15, 0.2) is 36.4 Å². The van der Waals surface area contributed by atoms with E-state index in [0.29, 0.717) is 45.4 Å². The van der Waals surface area contributed by atoms with Crippen molar-refractivity contribution in [1.82, 2.24) is 9.80 Å². The minimum atomic E-state index is -0.193. The molecule has 7 heteroatoms. The van der Waals surface area contributed by atoms with Crippen LogP contribution in [0.1, 0.15) is 33.1 Å². The molecule has 3 amide bonds. The first-order valence-corrected chi connectivity index (χ1v) is 10.7. The summed E-state index contributed by atoms with van der Waals surface area (Å²) in [6.45, 7) is 5.93. The first kappa shape index (κ1) is 21.9. The van der Waals surface area contributed by atoms with Crippen LogP contribution in [-0.2, 0) is 14.4 Å². The smallest absolute Gasteiger partial charge is 0.233 e. The number of rotatable bonds is 11. The van der Waals surface area contributed by atoms with E-state index < -0.39 is 0 Å². The number of hydrogen-bond acceptors (Lipinski definition) is 5. The summed E-state index contributed by atoms with van der Waals surface area (Å²) in [5.74, 6) is 0.280. The van der Waals surface area contributed by atoms with Crippen LogP contribution in [0, 0.1) is 11.8 Å². The van der Waals surface area contributed by atoms with Gasteiger partial charge in [-0.2, -0.15) is 0 Å². The normalized spacial score (nSPS) is 20.4. The number of hydrogen-bond donors (Lipinski definition) is 1. The predicted octanol–water partition coefficient (Wildman–Crippen LogP) is 2.69. The maximum Gasteiger partial charge on any atom is 0.233 e. The number of nitrogens with one attached hydrogen (secondary N) is 1. The number of anilines is 1. The number of ether oxygens (including phenoxy) is 1. The minimum absolute atomic E-state index is 0.0598. The fourth-order valence-electron chi connectivity index (χ4n) is 4.04. The largest absolute Gasteiger partial charge is 0.489 e. The van der Waals surface area contributed by atoms with Gasteiger partial charge in [0.1, 0.15) is 5.75 Å². The molecule has 3 rings (SSSR count). The average Bonchev–Trinajstić information content (AvgIpc) is 2.98. The van der Waals surface area contributed by atoms with Crippen molar-refractivity contribution in [3.05, 3.63) is 36.4 Å². The van der Waals surface area contributed by atoms with Gasteiger partial charge in [0.15, 0.2) is 0 Å². The van der Waals surface area contributed by atoms with Crippen molar-refractivity contribution >= 4 is 23.9 Å². The van der Waals surface area contributed by atoms with E-state index in [4.69, 9.17) is 4.74 Å². The number of amides is 3. The van der Waals surface area contributed by atoms with Gasteiger partial charge in [-0.15, -0.1) is 0 Å². The van der Waals surface area contributed by atoms with Gasteiger partial charge in [-0.25, -0.2) is 0 Å². The lowest BCUT2D eigenvalue weighted by Crippen LogP contribution is -2.35. The number of imide groups is 1. The molecule has 1 saturated heterocycles. The first-order valence-electron chi connectivity index (χ1n) is 10.7. The van der Waals surface area contributed by atoms with Crippen LogP contribution in [0.4, 0.5) is 5.69 Å². The number of fused-ring (bicyclic) bond motifs is 1. The van der Waals surface area contributed by atoms with Gasteiger partial charge < -0.3 is 15.0 Å². The number of benzene rings is 1. The Morgan fingerprint density at radius 1 is 1.13 bits per heavy atom. The summed E-state index contributed by atoms with van der Waals surface area (Å²) in [4.78, 5) is 39.5. The Morgan fingerprint density at radius 3 is 2.43 bits per heavy atom. The van der Waals surface area contributed by atoms with Crippen molar-refractivity contribution in [2.45, 2.75) is 39.2 Å². The average molecular weight is 414 g/mol. The van der Waals surface area contributed by atoms with E-state index in [1.807, 2.05) is 50.3 Å². The summed E-state index contributed by atoms with van der Waals surface area (Å²) in [6.07, 6.45) is 6.75. The van der Waals surface area contributed by atoms with Gasteiger partial charge in [-0.1, -0.05) is 24.3 Å². The second-order valence-corrected chi connectivity index (χ2v) is 8.07. The lowest BCUT2D eigenvalue weighted by atomic mass is 9.85. The van der Waals surface area contributed by atoms with Crippen molar-refractivity contribution in [3.8, 4) is 5.75 Å². The van der Waals surface area contributed by atoms with E-state index in [1.54, 1.807) is 4.90 Å². The predicted molar refractivity (Wildman–Crippen MR) is 115 cm³/mol. The first-order chi connectivity index (χ1) is 14.5. The number of carbonyl (C=O) groups is 3. The molecule has 30 heavy (non-hydrogen) atoms. The fourth-order valence-corrected chi connectivity index (χ4v) is 4.04. The van der Waals surface area contributed by atoms with E-state index in [0.717, 1.165) is 17.8 Å². The molecule has 0 radical (unpaired) electrons. The molecule has 1 fully saturated rings. The van der Waals surface area contributed by atoms with Gasteiger partial charge in [0.2, 0.25) is 18.2 Å². The van der Waals surface area contributed by atoms with Crippen LogP contribution in [0.3, 0.4) is 0 Å². The molecule has 1 N–H and O–H groups in total. The summed E-state index contributed by atoms with van der Waals surface area (Å²) in [5.41, 5.74) is 0.890. The molecule has 162 valence electrons. The monoisotopic (exact) mass is 413 g/mol. The van der Waals surface area contributed by atoms with Gasteiger partial charge in [-0.3, -0.25) is 19.3 Å². The molecule has 1 aromatic rings. The van der Waals surface area contributed by atoms with Crippen molar-refractivity contribution in [2.24, 2.45) is 11.8 Å². The van der Waals surface area contributed by atoms with E-state index in [1.165, 1.54) is 4.90 Å². The van der Waals surface area contributed by atoms with Crippen molar-refractivity contribution in [3.63, 3.8) is 0 Å². The summed E-state index contributed by atoms with van der Waals surface area (Å²) in [7, 11) is 0. The molecule has 2 unspecified atom stereocenters. The van der Waals surface area contributed by atoms with Crippen LogP contribution in [0.25, 0.3) is 0 Å². The molecule has 1 heterocycles. The number of likely N-dealkylation sites (tertiary alicyclic amines) is 1. The van der Waals surface area contributed by atoms with E-state index in [2.05, 4.69) is 5.32 Å². The third kappa shape index (κ3) is 5.20. The maximum atomic E-state index is 12.5. The SMILES string of the molecule is CC(C)Oc1ccccc1NCCN(C=O)CCCN1C(=O)C2CC=CCC2C1=O. The zero-order valence-corrected chi connectivity index (χ0v) is 17.8. The molecule has 7 nitrogen and oxygen atoms in total. The van der Waals surface area contributed by atoms with Crippen LogP contribution in [-0.4, -0.2) is 60.3 Å². The molecule has 0 aromatic heterocycles. The Balaban J connectivity index is 1.43. The molecule has 1 aliphatic carbocycles. The van der Waals surface area contributed by atoms with Crippen LogP contribution >= 0.6 is 0 Å². The Hall–Kier alpha value is -2.83. The standard InChI is InChI=1S/C23H31N3O4/c1-17(2)30-21-11-6-5-10-20(21)24-12-15-25(16-27)13-7-14-26-22(28)18-8-3-4-9-19(18)23(26)29/h3-6,10-11,16-19,24H,7-9,12-15H2,1-2H3. The third-order valence-electron chi connectivity index (χ3n) is 5.54.